The van der Waals surface area contributed by atoms with Gasteiger partial charge in [0.15, 0.2) is 0 Å². The molecule has 19 heavy (non-hydrogen) atoms. The molecule has 2 aliphatic rings. The van der Waals surface area contributed by atoms with Gasteiger partial charge >= 0.3 is 0 Å². The van der Waals surface area contributed by atoms with Crippen LogP contribution in [-0.4, -0.2) is 26.4 Å². The molecule has 0 aromatic heterocycles. The summed E-state index contributed by atoms with van der Waals surface area (Å²) in [6.45, 7) is 0.406. The maximum atomic E-state index is 11.5. The van der Waals surface area contributed by atoms with Gasteiger partial charge in [-0.1, -0.05) is 12.1 Å². The van der Waals surface area contributed by atoms with Gasteiger partial charge in [0.1, 0.15) is 18.2 Å². The van der Waals surface area contributed by atoms with E-state index in [2.05, 4.69) is 4.40 Å². The van der Waals surface area contributed by atoms with Gasteiger partial charge in [0.2, 0.25) is 0 Å². The van der Waals surface area contributed by atoms with Gasteiger partial charge in [-0.05, 0) is 24.5 Å². The Morgan fingerprint density at radius 2 is 2.11 bits per heavy atom. The van der Waals surface area contributed by atoms with Crippen molar-refractivity contribution in [1.82, 2.24) is 0 Å². The number of hydrogen-bond acceptors (Lipinski definition) is 5. The normalized spacial score (nSPS) is 22.3. The van der Waals surface area contributed by atoms with Gasteiger partial charge in [0, 0.05) is 0 Å². The minimum Gasteiger partial charge on any atom is -0.491 e. The third kappa shape index (κ3) is 2.43. The Balaban J connectivity index is 1.95. The number of rotatable bonds is 3. The number of benzene rings is 1. The van der Waals surface area contributed by atoms with Crippen LogP contribution in [0.15, 0.2) is 22.6 Å². The molecular weight excluding hydrogens is 266 g/mol. The standard InChI is InChI=1S/C12H15N3O3S/c13-11-10-8(6-19(16,17)15-11)2-1-3-9(10)18-7-12(14)4-5-12/h1-3H,4-7,14H2,(H2,13,15). The summed E-state index contributed by atoms with van der Waals surface area (Å²) in [4.78, 5) is 0. The Morgan fingerprint density at radius 1 is 1.37 bits per heavy atom. The van der Waals surface area contributed by atoms with Crippen molar-refractivity contribution in [3.05, 3.63) is 29.3 Å². The minimum absolute atomic E-state index is 0.0151. The highest BCUT2D eigenvalue weighted by Gasteiger charge is 2.39. The summed E-state index contributed by atoms with van der Waals surface area (Å²) in [6, 6.07) is 5.22. The lowest BCUT2D eigenvalue weighted by atomic mass is 10.1. The van der Waals surface area contributed by atoms with Crippen molar-refractivity contribution in [2.75, 3.05) is 6.61 Å². The molecule has 0 bridgehead atoms. The molecule has 1 aromatic carbocycles. The van der Waals surface area contributed by atoms with E-state index in [9.17, 15) is 8.42 Å². The van der Waals surface area contributed by atoms with E-state index in [-0.39, 0.29) is 17.1 Å². The van der Waals surface area contributed by atoms with E-state index in [0.717, 1.165) is 12.8 Å². The van der Waals surface area contributed by atoms with E-state index in [0.29, 0.717) is 23.5 Å². The topological polar surface area (TPSA) is 108 Å². The Kier molecular flexibility index (Phi) is 2.58. The van der Waals surface area contributed by atoms with Gasteiger partial charge in [-0.25, -0.2) is 8.42 Å². The summed E-state index contributed by atoms with van der Waals surface area (Å²) in [5, 5.41) is 0. The molecule has 3 rings (SSSR count). The van der Waals surface area contributed by atoms with Crippen LogP contribution in [0.1, 0.15) is 24.0 Å². The maximum absolute atomic E-state index is 11.5. The molecule has 1 saturated carbocycles. The Bertz CT molecular complexity index is 663. The zero-order chi connectivity index (χ0) is 13.7. The zero-order valence-corrected chi connectivity index (χ0v) is 11.1. The quantitative estimate of drug-likeness (QED) is 0.817. The van der Waals surface area contributed by atoms with Crippen molar-refractivity contribution >= 4 is 15.9 Å². The second-order valence-electron chi connectivity index (χ2n) is 5.14. The van der Waals surface area contributed by atoms with E-state index < -0.39 is 10.0 Å². The molecule has 1 aliphatic carbocycles. The third-order valence-electron chi connectivity index (χ3n) is 3.35. The van der Waals surface area contributed by atoms with Gasteiger partial charge in [0.05, 0.1) is 16.9 Å². The summed E-state index contributed by atoms with van der Waals surface area (Å²) >= 11 is 0. The summed E-state index contributed by atoms with van der Waals surface area (Å²) in [7, 11) is -3.51. The SMILES string of the molecule is NC1=NS(=O)(=O)Cc2cccc(OCC3(N)CC3)c21. The molecule has 1 aliphatic heterocycles. The lowest BCUT2D eigenvalue weighted by Gasteiger charge is -2.19. The molecule has 6 nitrogen and oxygen atoms in total. The molecule has 1 aromatic rings. The highest BCUT2D eigenvalue weighted by Crippen LogP contribution is 2.34. The van der Waals surface area contributed by atoms with Gasteiger partial charge in [-0.15, -0.1) is 4.40 Å². The molecule has 7 heteroatoms. The fraction of sp³-hybridized carbons (Fsp3) is 0.417. The van der Waals surface area contributed by atoms with E-state index in [1.165, 1.54) is 0 Å². The van der Waals surface area contributed by atoms with Gasteiger partial charge in [0.25, 0.3) is 10.0 Å². The van der Waals surface area contributed by atoms with Crippen LogP contribution in [0.5, 0.6) is 5.75 Å². The number of hydrogen-bond donors (Lipinski definition) is 2. The average molecular weight is 281 g/mol. The van der Waals surface area contributed by atoms with Crippen LogP contribution < -0.4 is 16.2 Å². The van der Waals surface area contributed by atoms with Crippen molar-refractivity contribution < 1.29 is 13.2 Å². The smallest absolute Gasteiger partial charge is 0.259 e. The number of sulfonamides is 1. The van der Waals surface area contributed by atoms with Gasteiger partial charge in [-0.2, -0.15) is 0 Å². The van der Waals surface area contributed by atoms with Crippen LogP contribution in [0.2, 0.25) is 0 Å². The molecule has 0 atom stereocenters. The molecule has 0 spiro atoms. The van der Waals surface area contributed by atoms with Crippen LogP contribution in [0, 0.1) is 0 Å². The lowest BCUT2D eigenvalue weighted by molar-refractivity contribution is 0.279. The summed E-state index contributed by atoms with van der Waals surface area (Å²) in [5.41, 5.74) is 12.7. The Hall–Kier alpha value is -1.60. The second-order valence-corrected chi connectivity index (χ2v) is 6.78. The second kappa shape index (κ2) is 3.94. The number of ether oxygens (including phenoxy) is 1. The molecular formula is C12H15N3O3S. The number of amidine groups is 1. The lowest BCUT2D eigenvalue weighted by Crippen LogP contribution is -2.31. The molecule has 0 unspecified atom stereocenters. The molecule has 0 radical (unpaired) electrons. The highest BCUT2D eigenvalue weighted by molar-refractivity contribution is 7.89. The number of nitrogens with zero attached hydrogens (tertiary/aromatic N) is 1. The first-order chi connectivity index (χ1) is 8.89. The largest absolute Gasteiger partial charge is 0.491 e. The van der Waals surface area contributed by atoms with E-state index in [4.69, 9.17) is 16.2 Å². The summed E-state index contributed by atoms with van der Waals surface area (Å²) in [5.74, 6) is 0.387. The highest BCUT2D eigenvalue weighted by atomic mass is 32.2. The van der Waals surface area contributed by atoms with Crippen molar-refractivity contribution in [3.63, 3.8) is 0 Å². The molecule has 0 amide bonds. The number of fused-ring (bicyclic) bond motifs is 1. The fourth-order valence-corrected chi connectivity index (χ4v) is 3.15. The van der Waals surface area contributed by atoms with E-state index >= 15 is 0 Å². The molecule has 102 valence electrons. The van der Waals surface area contributed by atoms with Crippen molar-refractivity contribution in [2.45, 2.75) is 24.1 Å². The first-order valence-electron chi connectivity index (χ1n) is 6.01. The Morgan fingerprint density at radius 3 is 2.79 bits per heavy atom. The zero-order valence-electron chi connectivity index (χ0n) is 10.3. The first kappa shape index (κ1) is 12.4. The maximum Gasteiger partial charge on any atom is 0.259 e. The van der Waals surface area contributed by atoms with Crippen LogP contribution in [0.25, 0.3) is 0 Å². The van der Waals surface area contributed by atoms with Crippen molar-refractivity contribution in [3.8, 4) is 5.75 Å². The monoisotopic (exact) mass is 281 g/mol. The molecule has 4 N–H and O–H groups in total. The molecule has 1 heterocycles. The van der Waals surface area contributed by atoms with Crippen LogP contribution in [-0.2, 0) is 15.8 Å². The molecule has 0 saturated heterocycles. The van der Waals surface area contributed by atoms with Crippen molar-refractivity contribution in [1.29, 1.82) is 0 Å². The minimum atomic E-state index is -3.51. The van der Waals surface area contributed by atoms with E-state index in [1.807, 2.05) is 0 Å². The van der Waals surface area contributed by atoms with Gasteiger partial charge < -0.3 is 16.2 Å². The van der Waals surface area contributed by atoms with Crippen LogP contribution in [0.4, 0.5) is 0 Å². The third-order valence-corrected chi connectivity index (χ3v) is 4.50. The predicted molar refractivity (Wildman–Crippen MR) is 71.4 cm³/mol. The Labute approximate surface area is 111 Å². The fourth-order valence-electron chi connectivity index (χ4n) is 2.06. The summed E-state index contributed by atoms with van der Waals surface area (Å²) in [6.07, 6.45) is 1.89. The van der Waals surface area contributed by atoms with Crippen LogP contribution in [0.3, 0.4) is 0 Å². The summed E-state index contributed by atoms with van der Waals surface area (Å²) < 4.78 is 32.3. The van der Waals surface area contributed by atoms with Gasteiger partial charge in [-0.3, -0.25) is 0 Å². The molecule has 1 fully saturated rings. The number of nitrogens with two attached hydrogens (primary N) is 2. The van der Waals surface area contributed by atoms with Crippen LogP contribution >= 0.6 is 0 Å². The average Bonchev–Trinajstić information content (AvgIpc) is 3.03. The van der Waals surface area contributed by atoms with E-state index in [1.54, 1.807) is 18.2 Å². The first-order valence-corrected chi connectivity index (χ1v) is 7.62. The predicted octanol–water partition coefficient (Wildman–Crippen LogP) is 0.105. The van der Waals surface area contributed by atoms with Crippen molar-refractivity contribution in [2.24, 2.45) is 15.9 Å².